The molecule has 1 aromatic rings. The first-order chi connectivity index (χ1) is 9.68. The molecule has 0 spiro atoms. The third kappa shape index (κ3) is 4.10. The first-order valence-electron chi connectivity index (χ1n) is 6.58. The highest BCUT2D eigenvalue weighted by molar-refractivity contribution is 7.89. The fourth-order valence-electron chi connectivity index (χ4n) is 2.37. The van der Waals surface area contributed by atoms with Gasteiger partial charge in [-0.1, -0.05) is 6.42 Å². The highest BCUT2D eigenvalue weighted by Crippen LogP contribution is 2.38. The average molecular weight is 323 g/mol. The molecule has 0 radical (unpaired) electrons. The van der Waals surface area contributed by atoms with Gasteiger partial charge in [0.1, 0.15) is 5.75 Å². The fraction of sp³-hybridized carbons (Fsp3) is 0.538. The van der Waals surface area contributed by atoms with Crippen LogP contribution in [0.25, 0.3) is 0 Å². The van der Waals surface area contributed by atoms with Crippen LogP contribution in [0.4, 0.5) is 13.2 Å². The zero-order valence-electron chi connectivity index (χ0n) is 11.2. The van der Waals surface area contributed by atoms with Crippen molar-refractivity contribution in [1.82, 2.24) is 0 Å². The lowest BCUT2D eigenvalue weighted by Gasteiger charge is -2.25. The first-order valence-corrected chi connectivity index (χ1v) is 8.13. The summed E-state index contributed by atoms with van der Waals surface area (Å²) < 4.78 is 67.0. The molecule has 0 saturated heterocycles. The van der Waals surface area contributed by atoms with Crippen LogP contribution >= 0.6 is 0 Å². The molecule has 4 nitrogen and oxygen atoms in total. The molecule has 0 amide bonds. The van der Waals surface area contributed by atoms with E-state index in [1.807, 2.05) is 0 Å². The summed E-state index contributed by atoms with van der Waals surface area (Å²) in [5.41, 5.74) is -1.11. The normalized spacial score (nSPS) is 17.7. The third-order valence-electron chi connectivity index (χ3n) is 3.43. The lowest BCUT2D eigenvalue weighted by atomic mass is 9.97. The number of benzene rings is 1. The van der Waals surface area contributed by atoms with E-state index in [-0.39, 0.29) is 11.9 Å². The van der Waals surface area contributed by atoms with E-state index < -0.39 is 26.7 Å². The van der Waals surface area contributed by atoms with Crippen molar-refractivity contribution < 1.29 is 26.3 Å². The lowest BCUT2D eigenvalue weighted by Crippen LogP contribution is -2.22. The predicted octanol–water partition coefficient (Wildman–Crippen LogP) is 3.06. The summed E-state index contributed by atoms with van der Waals surface area (Å²) in [5, 5.41) is 4.87. The van der Waals surface area contributed by atoms with Crippen LogP contribution in [0.1, 0.15) is 37.7 Å². The van der Waals surface area contributed by atoms with Crippen LogP contribution in [-0.2, 0) is 16.2 Å². The molecule has 21 heavy (non-hydrogen) atoms. The molecule has 2 rings (SSSR count). The van der Waals surface area contributed by atoms with E-state index >= 15 is 0 Å². The molecule has 0 aliphatic heterocycles. The number of halogens is 3. The Morgan fingerprint density at radius 3 is 2.29 bits per heavy atom. The van der Waals surface area contributed by atoms with Crippen molar-refractivity contribution in [2.45, 2.75) is 49.3 Å². The lowest BCUT2D eigenvalue weighted by molar-refractivity contribution is -0.139. The van der Waals surface area contributed by atoms with Crippen LogP contribution < -0.4 is 9.88 Å². The Morgan fingerprint density at radius 2 is 1.76 bits per heavy atom. The van der Waals surface area contributed by atoms with Gasteiger partial charge in [-0.05, 0) is 43.9 Å². The number of hydrogen-bond acceptors (Lipinski definition) is 3. The average Bonchev–Trinajstić information content (AvgIpc) is 2.38. The van der Waals surface area contributed by atoms with Crippen molar-refractivity contribution in [2.75, 3.05) is 0 Å². The second-order valence-electron chi connectivity index (χ2n) is 5.08. The zero-order chi connectivity index (χ0) is 15.7. The van der Waals surface area contributed by atoms with Crippen LogP contribution in [0.2, 0.25) is 0 Å². The maximum absolute atomic E-state index is 13.1. The Bertz CT molecular complexity index is 608. The fourth-order valence-corrected chi connectivity index (χ4v) is 2.91. The van der Waals surface area contributed by atoms with Crippen LogP contribution in [0.3, 0.4) is 0 Å². The number of primary sulfonamides is 1. The molecule has 2 N–H and O–H groups in total. The number of rotatable bonds is 3. The minimum atomic E-state index is -4.70. The minimum Gasteiger partial charge on any atom is -0.490 e. The molecule has 0 bridgehead atoms. The summed E-state index contributed by atoms with van der Waals surface area (Å²) in [6, 6.07) is 2.58. The van der Waals surface area contributed by atoms with Crippen molar-refractivity contribution >= 4 is 10.0 Å². The molecule has 1 saturated carbocycles. The Hall–Kier alpha value is -1.28. The van der Waals surface area contributed by atoms with Gasteiger partial charge >= 0.3 is 6.18 Å². The number of sulfonamides is 1. The number of ether oxygens (including phenoxy) is 1. The van der Waals surface area contributed by atoms with E-state index in [0.717, 1.165) is 31.4 Å². The van der Waals surface area contributed by atoms with Crippen LogP contribution in [0, 0.1) is 0 Å². The summed E-state index contributed by atoms with van der Waals surface area (Å²) >= 11 is 0. The molecular weight excluding hydrogens is 307 g/mol. The molecule has 0 unspecified atom stereocenters. The Kier molecular flexibility index (Phi) is 4.48. The van der Waals surface area contributed by atoms with Crippen molar-refractivity contribution in [3.05, 3.63) is 23.8 Å². The molecule has 1 aromatic carbocycles. The molecule has 0 heterocycles. The van der Waals surface area contributed by atoms with E-state index in [1.165, 1.54) is 0 Å². The van der Waals surface area contributed by atoms with Gasteiger partial charge in [0.15, 0.2) is 0 Å². The van der Waals surface area contributed by atoms with E-state index in [0.29, 0.717) is 18.9 Å². The standard InChI is InChI=1S/C13H16F3NO3S/c14-13(15,16)11-8-10(21(17,18)19)6-7-12(11)20-9-4-2-1-3-5-9/h6-9H,1-5H2,(H2,17,18,19). The van der Waals surface area contributed by atoms with Gasteiger partial charge < -0.3 is 4.74 Å². The van der Waals surface area contributed by atoms with Gasteiger partial charge in [-0.3, -0.25) is 0 Å². The number of hydrogen-bond donors (Lipinski definition) is 1. The predicted molar refractivity (Wildman–Crippen MR) is 70.3 cm³/mol. The summed E-state index contributed by atoms with van der Waals surface area (Å²) in [6.07, 6.45) is -0.674. The van der Waals surface area contributed by atoms with Crippen molar-refractivity contribution in [3.63, 3.8) is 0 Å². The second kappa shape index (κ2) is 5.84. The summed E-state index contributed by atoms with van der Waals surface area (Å²) in [5.74, 6) is -0.346. The van der Waals surface area contributed by atoms with Crippen molar-refractivity contribution in [3.8, 4) is 5.75 Å². The van der Waals surface area contributed by atoms with Gasteiger partial charge in [0, 0.05) is 0 Å². The van der Waals surface area contributed by atoms with Crippen LogP contribution in [-0.4, -0.2) is 14.5 Å². The molecule has 1 aliphatic carbocycles. The zero-order valence-corrected chi connectivity index (χ0v) is 12.0. The van der Waals surface area contributed by atoms with Crippen LogP contribution in [0.5, 0.6) is 5.75 Å². The highest BCUT2D eigenvalue weighted by atomic mass is 32.2. The molecule has 1 fully saturated rings. The number of alkyl halides is 3. The van der Waals surface area contributed by atoms with Crippen molar-refractivity contribution in [2.24, 2.45) is 5.14 Å². The maximum Gasteiger partial charge on any atom is 0.420 e. The molecule has 118 valence electrons. The topological polar surface area (TPSA) is 69.4 Å². The van der Waals surface area contributed by atoms with Gasteiger partial charge in [0.25, 0.3) is 0 Å². The third-order valence-corrected chi connectivity index (χ3v) is 4.34. The SMILES string of the molecule is NS(=O)(=O)c1ccc(OC2CCCCC2)c(C(F)(F)F)c1. The van der Waals surface area contributed by atoms with Gasteiger partial charge in [-0.2, -0.15) is 13.2 Å². The maximum atomic E-state index is 13.1. The molecule has 0 atom stereocenters. The molecule has 8 heteroatoms. The summed E-state index contributed by atoms with van der Waals surface area (Å²) in [6.45, 7) is 0. The smallest absolute Gasteiger partial charge is 0.420 e. The van der Waals surface area contributed by atoms with E-state index in [9.17, 15) is 21.6 Å². The van der Waals surface area contributed by atoms with Gasteiger partial charge in [-0.25, -0.2) is 13.6 Å². The number of nitrogens with two attached hydrogens (primary N) is 1. The Labute approximate surface area is 121 Å². The highest BCUT2D eigenvalue weighted by Gasteiger charge is 2.36. The Morgan fingerprint density at radius 1 is 1.14 bits per heavy atom. The summed E-state index contributed by atoms with van der Waals surface area (Å²) in [4.78, 5) is -0.578. The van der Waals surface area contributed by atoms with E-state index in [2.05, 4.69) is 0 Å². The summed E-state index contributed by atoms with van der Waals surface area (Å²) in [7, 11) is -4.19. The van der Waals surface area contributed by atoms with Gasteiger partial charge in [0.05, 0.1) is 16.6 Å². The molecular formula is C13H16F3NO3S. The van der Waals surface area contributed by atoms with E-state index in [4.69, 9.17) is 9.88 Å². The second-order valence-corrected chi connectivity index (χ2v) is 6.64. The molecule has 1 aliphatic rings. The first kappa shape index (κ1) is 16.1. The van der Waals surface area contributed by atoms with E-state index in [1.54, 1.807) is 0 Å². The largest absolute Gasteiger partial charge is 0.490 e. The Balaban J connectivity index is 2.36. The molecule has 0 aromatic heterocycles. The monoisotopic (exact) mass is 323 g/mol. The minimum absolute atomic E-state index is 0.264. The quantitative estimate of drug-likeness (QED) is 0.929. The van der Waals surface area contributed by atoms with Gasteiger partial charge in [-0.15, -0.1) is 0 Å². The van der Waals surface area contributed by atoms with Gasteiger partial charge in [0.2, 0.25) is 10.0 Å². The van der Waals surface area contributed by atoms with Crippen LogP contribution in [0.15, 0.2) is 23.1 Å². The van der Waals surface area contributed by atoms with Crippen molar-refractivity contribution in [1.29, 1.82) is 0 Å².